The van der Waals surface area contributed by atoms with Crippen LogP contribution in [-0.4, -0.2) is 4.98 Å². The van der Waals surface area contributed by atoms with Gasteiger partial charge in [-0.15, -0.1) is 0 Å². The van der Waals surface area contributed by atoms with Crippen LogP contribution in [0.3, 0.4) is 0 Å². The van der Waals surface area contributed by atoms with Gasteiger partial charge in [-0.3, -0.25) is 4.79 Å². The molecule has 0 saturated heterocycles. The first kappa shape index (κ1) is 14.6. The van der Waals surface area contributed by atoms with Crippen LogP contribution in [0.25, 0.3) is 21.7 Å². The third-order valence-electron chi connectivity index (χ3n) is 3.26. The van der Waals surface area contributed by atoms with Gasteiger partial charge in [-0.1, -0.05) is 44.5 Å². The maximum Gasteiger partial charge on any atom is 0.256 e. The Balaban J connectivity index is 0.000000704. The third kappa shape index (κ3) is 2.56. The summed E-state index contributed by atoms with van der Waals surface area (Å²) in [5.41, 5.74) is 1.94. The molecule has 0 aliphatic carbocycles. The zero-order valence-corrected chi connectivity index (χ0v) is 12.7. The van der Waals surface area contributed by atoms with Gasteiger partial charge < -0.3 is 4.98 Å². The van der Waals surface area contributed by atoms with Crippen LogP contribution in [0.2, 0.25) is 5.02 Å². The predicted octanol–water partition coefficient (Wildman–Crippen LogP) is 4.92. The number of fused-ring (bicyclic) bond motifs is 3. The number of hydrogen-bond acceptors (Lipinski definition) is 1. The van der Waals surface area contributed by atoms with E-state index in [1.165, 1.54) is 0 Å². The van der Waals surface area contributed by atoms with Crippen molar-refractivity contribution in [2.24, 2.45) is 0 Å². The third-order valence-corrected chi connectivity index (χ3v) is 3.49. The van der Waals surface area contributed by atoms with Gasteiger partial charge in [0.15, 0.2) is 0 Å². The Labute approximate surface area is 123 Å². The van der Waals surface area contributed by atoms with Crippen molar-refractivity contribution in [3.8, 4) is 0 Å². The summed E-state index contributed by atoms with van der Waals surface area (Å²) in [4.78, 5) is 15.0. The molecule has 2 aromatic carbocycles. The summed E-state index contributed by atoms with van der Waals surface area (Å²) < 4.78 is 0. The lowest BCUT2D eigenvalue weighted by Crippen LogP contribution is -2.06. The molecule has 3 heteroatoms. The Morgan fingerprint density at radius 3 is 2.45 bits per heavy atom. The first-order valence-electron chi connectivity index (χ1n) is 6.93. The van der Waals surface area contributed by atoms with E-state index in [1.54, 1.807) is 6.07 Å². The second-order valence-corrected chi connectivity index (χ2v) is 4.81. The Bertz CT molecular complexity index is 805. The number of pyridine rings is 1. The summed E-state index contributed by atoms with van der Waals surface area (Å²) in [6.07, 6.45) is 0.920. The second-order valence-electron chi connectivity index (χ2n) is 4.38. The molecule has 3 rings (SSSR count). The minimum absolute atomic E-state index is 0.0462. The van der Waals surface area contributed by atoms with Gasteiger partial charge in [0.05, 0.1) is 0 Å². The number of aromatic nitrogens is 1. The molecule has 20 heavy (non-hydrogen) atoms. The Hall–Kier alpha value is -1.80. The summed E-state index contributed by atoms with van der Waals surface area (Å²) in [6.45, 7) is 6.08. The largest absolute Gasteiger partial charge is 0.321 e. The van der Waals surface area contributed by atoms with Crippen molar-refractivity contribution < 1.29 is 0 Å². The molecule has 0 spiro atoms. The van der Waals surface area contributed by atoms with Gasteiger partial charge in [0.1, 0.15) is 0 Å². The molecule has 0 aliphatic heterocycles. The van der Waals surface area contributed by atoms with E-state index in [-0.39, 0.29) is 5.56 Å². The highest BCUT2D eigenvalue weighted by Gasteiger charge is 2.06. The van der Waals surface area contributed by atoms with E-state index >= 15 is 0 Å². The summed E-state index contributed by atoms with van der Waals surface area (Å²) in [6, 6.07) is 11.5. The van der Waals surface area contributed by atoms with Crippen LogP contribution in [0.15, 0.2) is 41.2 Å². The fourth-order valence-electron chi connectivity index (χ4n) is 2.27. The average molecular weight is 288 g/mol. The molecular formula is C17H18ClNO. The maximum atomic E-state index is 12.1. The van der Waals surface area contributed by atoms with Crippen molar-refractivity contribution in [2.45, 2.75) is 27.2 Å². The standard InChI is InChI=1S/C15H12ClNO.C2H6/c1-2-9-3-5-11-12-8-10(16)4-6-14(12)17-15(18)13(11)7-9;1-2/h3-8H,2H2,1H3,(H,17,18);1-2H3. The first-order valence-corrected chi connectivity index (χ1v) is 7.31. The lowest BCUT2D eigenvalue weighted by molar-refractivity contribution is 1.14. The number of rotatable bonds is 1. The lowest BCUT2D eigenvalue weighted by atomic mass is 10.0. The van der Waals surface area contributed by atoms with Crippen LogP contribution in [0, 0.1) is 0 Å². The highest BCUT2D eigenvalue weighted by atomic mass is 35.5. The number of benzene rings is 2. The summed E-state index contributed by atoms with van der Waals surface area (Å²) >= 11 is 6.03. The van der Waals surface area contributed by atoms with E-state index < -0.39 is 0 Å². The van der Waals surface area contributed by atoms with E-state index in [0.29, 0.717) is 5.02 Å². The lowest BCUT2D eigenvalue weighted by Gasteiger charge is -2.05. The normalized spacial score (nSPS) is 10.4. The van der Waals surface area contributed by atoms with Gasteiger partial charge in [0.25, 0.3) is 5.56 Å². The summed E-state index contributed by atoms with van der Waals surface area (Å²) in [5, 5.41) is 3.34. The molecule has 0 saturated carbocycles. The Kier molecular flexibility index (Phi) is 4.46. The molecule has 1 aromatic heterocycles. The Morgan fingerprint density at radius 2 is 1.75 bits per heavy atom. The van der Waals surface area contributed by atoms with Gasteiger partial charge in [-0.2, -0.15) is 0 Å². The van der Waals surface area contributed by atoms with Crippen molar-refractivity contribution >= 4 is 33.3 Å². The van der Waals surface area contributed by atoms with Crippen LogP contribution >= 0.6 is 11.6 Å². The van der Waals surface area contributed by atoms with E-state index in [1.807, 2.05) is 38.1 Å². The number of aryl methyl sites for hydroxylation is 1. The van der Waals surface area contributed by atoms with Crippen molar-refractivity contribution in [3.63, 3.8) is 0 Å². The number of H-pyrrole nitrogens is 1. The maximum absolute atomic E-state index is 12.1. The number of nitrogens with one attached hydrogen (secondary N) is 1. The quantitative estimate of drug-likeness (QED) is 0.633. The topological polar surface area (TPSA) is 32.9 Å². The highest BCUT2D eigenvalue weighted by Crippen LogP contribution is 2.25. The van der Waals surface area contributed by atoms with Crippen molar-refractivity contribution in [1.29, 1.82) is 0 Å². The highest BCUT2D eigenvalue weighted by molar-refractivity contribution is 6.31. The van der Waals surface area contributed by atoms with Gasteiger partial charge in [-0.05, 0) is 41.6 Å². The van der Waals surface area contributed by atoms with Gasteiger partial charge in [0.2, 0.25) is 0 Å². The summed E-state index contributed by atoms with van der Waals surface area (Å²) in [7, 11) is 0. The molecular weight excluding hydrogens is 270 g/mol. The minimum atomic E-state index is -0.0462. The molecule has 1 heterocycles. The molecule has 0 radical (unpaired) electrons. The van der Waals surface area contributed by atoms with Crippen molar-refractivity contribution in [3.05, 3.63) is 57.3 Å². The number of halogens is 1. The number of hydrogen-bond donors (Lipinski definition) is 1. The first-order chi connectivity index (χ1) is 9.69. The van der Waals surface area contributed by atoms with Crippen LogP contribution in [-0.2, 0) is 6.42 Å². The SMILES string of the molecule is CC.CCc1ccc2c(c1)c(=O)[nH]c1ccc(Cl)cc12. The van der Waals surface area contributed by atoms with Crippen molar-refractivity contribution in [1.82, 2.24) is 4.98 Å². The zero-order chi connectivity index (χ0) is 14.7. The molecule has 0 atom stereocenters. The van der Waals surface area contributed by atoms with Gasteiger partial charge in [-0.25, -0.2) is 0 Å². The summed E-state index contributed by atoms with van der Waals surface area (Å²) in [5.74, 6) is 0. The van der Waals surface area contributed by atoms with E-state index in [4.69, 9.17) is 11.6 Å². The average Bonchev–Trinajstić information content (AvgIpc) is 2.50. The van der Waals surface area contributed by atoms with E-state index in [2.05, 4.69) is 18.0 Å². The van der Waals surface area contributed by atoms with Crippen LogP contribution in [0.1, 0.15) is 26.3 Å². The van der Waals surface area contributed by atoms with E-state index in [0.717, 1.165) is 33.7 Å². The smallest absolute Gasteiger partial charge is 0.256 e. The molecule has 0 aliphatic rings. The predicted molar refractivity (Wildman–Crippen MR) is 87.8 cm³/mol. The molecule has 1 N–H and O–H groups in total. The van der Waals surface area contributed by atoms with Crippen molar-refractivity contribution in [2.75, 3.05) is 0 Å². The van der Waals surface area contributed by atoms with Crippen LogP contribution < -0.4 is 5.56 Å². The zero-order valence-electron chi connectivity index (χ0n) is 12.0. The van der Waals surface area contributed by atoms with Gasteiger partial charge in [0, 0.05) is 21.3 Å². The molecule has 104 valence electrons. The fourth-order valence-corrected chi connectivity index (χ4v) is 2.44. The monoisotopic (exact) mass is 287 g/mol. The van der Waals surface area contributed by atoms with Crippen LogP contribution in [0.4, 0.5) is 0 Å². The minimum Gasteiger partial charge on any atom is -0.321 e. The number of aromatic amines is 1. The molecule has 0 unspecified atom stereocenters. The second kappa shape index (κ2) is 6.10. The molecule has 0 bridgehead atoms. The molecule has 0 amide bonds. The molecule has 2 nitrogen and oxygen atoms in total. The Morgan fingerprint density at radius 1 is 1.00 bits per heavy atom. The fraction of sp³-hybridized carbons (Fsp3) is 0.235. The molecule has 0 fully saturated rings. The van der Waals surface area contributed by atoms with E-state index in [9.17, 15) is 4.79 Å². The van der Waals surface area contributed by atoms with Crippen LogP contribution in [0.5, 0.6) is 0 Å². The van der Waals surface area contributed by atoms with Gasteiger partial charge >= 0.3 is 0 Å². The molecule has 3 aromatic rings.